The van der Waals surface area contributed by atoms with Crippen molar-refractivity contribution in [3.8, 4) is 17.0 Å². The molecule has 1 aliphatic rings. The highest BCUT2D eigenvalue weighted by atomic mass is 16.5. The summed E-state index contributed by atoms with van der Waals surface area (Å²) in [6.45, 7) is 5.17. The summed E-state index contributed by atoms with van der Waals surface area (Å²) in [5, 5.41) is 13.2. The van der Waals surface area contributed by atoms with E-state index in [1.165, 1.54) is 0 Å². The van der Waals surface area contributed by atoms with Crippen LogP contribution in [-0.4, -0.2) is 59.4 Å². The van der Waals surface area contributed by atoms with E-state index in [9.17, 15) is 5.11 Å². The van der Waals surface area contributed by atoms with Gasteiger partial charge in [-0.25, -0.2) is 4.98 Å². The molecule has 4 N–H and O–H groups in total. The fraction of sp³-hybridized carbons (Fsp3) is 0.375. The minimum atomic E-state index is 0.171. The Morgan fingerprint density at radius 1 is 1.22 bits per heavy atom. The van der Waals surface area contributed by atoms with Crippen molar-refractivity contribution in [2.45, 2.75) is 0 Å². The molecule has 0 amide bonds. The second-order valence-electron chi connectivity index (χ2n) is 5.39. The Morgan fingerprint density at radius 3 is 2.78 bits per heavy atom. The number of aromatic hydroxyl groups is 1. The summed E-state index contributed by atoms with van der Waals surface area (Å²) in [6.07, 6.45) is 0. The van der Waals surface area contributed by atoms with Crippen molar-refractivity contribution < 1.29 is 9.84 Å². The molecule has 2 aromatic rings. The minimum Gasteiger partial charge on any atom is -0.507 e. The number of hydrogen-bond donors (Lipinski definition) is 3. The second-order valence-corrected chi connectivity index (χ2v) is 5.39. The van der Waals surface area contributed by atoms with Gasteiger partial charge >= 0.3 is 0 Å². The van der Waals surface area contributed by atoms with E-state index in [1.807, 2.05) is 6.07 Å². The fourth-order valence-corrected chi connectivity index (χ4v) is 2.55. The number of nitrogens with two attached hydrogens (primary N) is 1. The molecule has 2 heterocycles. The highest BCUT2D eigenvalue weighted by Gasteiger charge is 2.11. The number of ether oxygens (including phenoxy) is 1. The fourth-order valence-electron chi connectivity index (χ4n) is 2.55. The summed E-state index contributed by atoms with van der Waals surface area (Å²) in [4.78, 5) is 10.7. The lowest BCUT2D eigenvalue weighted by molar-refractivity contribution is 0.0398. The minimum absolute atomic E-state index is 0.171. The van der Waals surface area contributed by atoms with Crippen molar-refractivity contribution in [2.75, 3.05) is 50.4 Å². The van der Waals surface area contributed by atoms with Gasteiger partial charge in [-0.15, -0.1) is 0 Å². The van der Waals surface area contributed by atoms with E-state index in [2.05, 4.69) is 20.2 Å². The molecular formula is C16H21N5O2. The first-order chi connectivity index (χ1) is 11.2. The Morgan fingerprint density at radius 2 is 2.00 bits per heavy atom. The molecule has 1 aromatic heterocycles. The largest absolute Gasteiger partial charge is 0.507 e. The lowest BCUT2D eigenvalue weighted by Crippen LogP contribution is -2.39. The number of morpholine rings is 1. The predicted octanol–water partition coefficient (Wildman–Crippen LogP) is 1.18. The summed E-state index contributed by atoms with van der Waals surface area (Å²) in [5.74, 6) is 1.01. The highest BCUT2D eigenvalue weighted by Crippen LogP contribution is 2.28. The molecule has 0 bridgehead atoms. The van der Waals surface area contributed by atoms with Crippen LogP contribution in [0.2, 0.25) is 0 Å². The molecule has 0 saturated carbocycles. The number of anilines is 2. The smallest absolute Gasteiger partial charge is 0.222 e. The molecule has 122 valence electrons. The Hall–Kier alpha value is -2.38. The highest BCUT2D eigenvalue weighted by molar-refractivity contribution is 5.69. The molecule has 0 unspecified atom stereocenters. The van der Waals surface area contributed by atoms with Gasteiger partial charge in [0.1, 0.15) is 11.6 Å². The maximum Gasteiger partial charge on any atom is 0.222 e. The number of aromatic nitrogens is 2. The third-order valence-electron chi connectivity index (χ3n) is 3.76. The molecule has 1 aromatic carbocycles. The maximum atomic E-state index is 9.95. The summed E-state index contributed by atoms with van der Waals surface area (Å²) in [7, 11) is 0. The first kappa shape index (κ1) is 15.5. The van der Waals surface area contributed by atoms with E-state index >= 15 is 0 Å². The number of nitrogens with zero attached hydrogens (tertiary/aromatic N) is 3. The molecular weight excluding hydrogens is 294 g/mol. The van der Waals surface area contributed by atoms with Gasteiger partial charge in [-0.1, -0.05) is 12.1 Å². The Kier molecular flexibility index (Phi) is 4.89. The van der Waals surface area contributed by atoms with Crippen LogP contribution in [0.4, 0.5) is 11.8 Å². The van der Waals surface area contributed by atoms with Crippen LogP contribution in [0, 0.1) is 0 Å². The molecule has 3 rings (SSSR count). The normalized spacial score (nSPS) is 15.5. The van der Waals surface area contributed by atoms with Gasteiger partial charge < -0.3 is 20.9 Å². The van der Waals surface area contributed by atoms with E-state index in [4.69, 9.17) is 10.5 Å². The first-order valence-electron chi connectivity index (χ1n) is 7.69. The van der Waals surface area contributed by atoms with Crippen LogP contribution in [0.1, 0.15) is 0 Å². The number of phenolic OH excluding ortho intramolecular Hbond substituents is 1. The Balaban J connectivity index is 1.67. The van der Waals surface area contributed by atoms with E-state index in [1.54, 1.807) is 24.3 Å². The molecule has 7 heteroatoms. The number of hydrogen-bond acceptors (Lipinski definition) is 7. The first-order valence-corrected chi connectivity index (χ1v) is 7.69. The van der Waals surface area contributed by atoms with E-state index in [-0.39, 0.29) is 11.7 Å². The van der Waals surface area contributed by atoms with Crippen LogP contribution in [0.25, 0.3) is 11.3 Å². The van der Waals surface area contributed by atoms with Gasteiger partial charge in [0.2, 0.25) is 5.95 Å². The van der Waals surface area contributed by atoms with Crippen LogP contribution < -0.4 is 11.1 Å². The monoisotopic (exact) mass is 315 g/mol. The average molecular weight is 315 g/mol. The van der Waals surface area contributed by atoms with Crippen LogP contribution >= 0.6 is 0 Å². The number of benzene rings is 1. The van der Waals surface area contributed by atoms with Crippen LogP contribution in [0.5, 0.6) is 5.75 Å². The summed E-state index contributed by atoms with van der Waals surface area (Å²) in [5.41, 5.74) is 7.03. The number of nitrogen functional groups attached to an aromatic ring is 1. The predicted molar refractivity (Wildman–Crippen MR) is 89.3 cm³/mol. The lowest BCUT2D eigenvalue weighted by Gasteiger charge is -2.26. The van der Waals surface area contributed by atoms with Gasteiger partial charge in [-0.05, 0) is 12.1 Å². The molecule has 1 fully saturated rings. The zero-order chi connectivity index (χ0) is 16.1. The lowest BCUT2D eigenvalue weighted by atomic mass is 10.1. The molecule has 7 nitrogen and oxygen atoms in total. The van der Waals surface area contributed by atoms with Crippen molar-refractivity contribution in [2.24, 2.45) is 0 Å². The Bertz CT molecular complexity index is 659. The zero-order valence-electron chi connectivity index (χ0n) is 12.9. The summed E-state index contributed by atoms with van der Waals surface area (Å²) < 4.78 is 5.33. The van der Waals surface area contributed by atoms with Crippen LogP contribution in [0.3, 0.4) is 0 Å². The summed E-state index contributed by atoms with van der Waals surface area (Å²) >= 11 is 0. The van der Waals surface area contributed by atoms with E-state index in [0.717, 1.165) is 39.4 Å². The average Bonchev–Trinajstić information content (AvgIpc) is 2.56. The van der Waals surface area contributed by atoms with Crippen LogP contribution in [-0.2, 0) is 4.74 Å². The number of nitrogens with one attached hydrogen (secondary N) is 1. The molecule has 0 atom stereocenters. The zero-order valence-corrected chi connectivity index (χ0v) is 12.9. The molecule has 0 spiro atoms. The quantitative estimate of drug-likeness (QED) is 0.762. The third kappa shape index (κ3) is 4.08. The van der Waals surface area contributed by atoms with Crippen molar-refractivity contribution >= 4 is 11.8 Å². The van der Waals surface area contributed by atoms with Gasteiger partial charge in [0, 0.05) is 37.8 Å². The SMILES string of the molecule is Nc1nc(NCCN2CCOCC2)cc(-c2ccccc2O)n1. The standard InChI is InChI=1S/C16H21N5O2/c17-16-19-13(12-3-1-2-4-14(12)22)11-15(20-16)18-5-6-21-7-9-23-10-8-21/h1-4,11,22H,5-10H2,(H3,17,18,19,20). The van der Waals surface area contributed by atoms with Crippen molar-refractivity contribution in [3.63, 3.8) is 0 Å². The summed E-state index contributed by atoms with van der Waals surface area (Å²) in [6, 6.07) is 8.84. The number of para-hydroxylation sites is 1. The van der Waals surface area contributed by atoms with E-state index < -0.39 is 0 Å². The van der Waals surface area contributed by atoms with Gasteiger partial charge in [0.25, 0.3) is 0 Å². The number of phenols is 1. The molecule has 1 aliphatic heterocycles. The van der Waals surface area contributed by atoms with Crippen molar-refractivity contribution in [1.29, 1.82) is 0 Å². The Labute approximate surface area is 135 Å². The molecule has 23 heavy (non-hydrogen) atoms. The van der Waals surface area contributed by atoms with Gasteiger partial charge in [0.15, 0.2) is 0 Å². The topological polar surface area (TPSA) is 96.5 Å². The van der Waals surface area contributed by atoms with Gasteiger partial charge in [-0.2, -0.15) is 4.98 Å². The second kappa shape index (κ2) is 7.26. The van der Waals surface area contributed by atoms with Crippen molar-refractivity contribution in [1.82, 2.24) is 14.9 Å². The van der Waals surface area contributed by atoms with Gasteiger partial charge in [0.05, 0.1) is 18.9 Å². The molecule has 0 aliphatic carbocycles. The van der Waals surface area contributed by atoms with E-state index in [0.29, 0.717) is 17.1 Å². The van der Waals surface area contributed by atoms with Crippen molar-refractivity contribution in [3.05, 3.63) is 30.3 Å². The van der Waals surface area contributed by atoms with Gasteiger partial charge in [-0.3, -0.25) is 4.90 Å². The third-order valence-corrected chi connectivity index (χ3v) is 3.76. The van der Waals surface area contributed by atoms with Crippen LogP contribution in [0.15, 0.2) is 30.3 Å². The molecule has 0 radical (unpaired) electrons. The number of rotatable bonds is 5. The maximum absolute atomic E-state index is 9.95. The molecule has 1 saturated heterocycles.